The predicted octanol–water partition coefficient (Wildman–Crippen LogP) is 1.76. The van der Waals surface area contributed by atoms with Crippen LogP contribution in [0, 0.1) is 0 Å². The number of carboxylic acid groups (broad SMARTS) is 1. The summed E-state index contributed by atoms with van der Waals surface area (Å²) in [6.07, 6.45) is 5.40. The van der Waals surface area contributed by atoms with Crippen molar-refractivity contribution >= 4 is 12.0 Å². The van der Waals surface area contributed by atoms with Crippen LogP contribution in [0.15, 0.2) is 0 Å². The summed E-state index contributed by atoms with van der Waals surface area (Å²) < 4.78 is 0. The number of hydrogen-bond acceptors (Lipinski definition) is 3. The van der Waals surface area contributed by atoms with E-state index in [-0.39, 0.29) is 18.6 Å². The molecule has 0 aromatic carbocycles. The summed E-state index contributed by atoms with van der Waals surface area (Å²) in [7, 11) is 0. The maximum Gasteiger partial charge on any atom is 0.317 e. The normalized spacial score (nSPS) is 17.5. The van der Waals surface area contributed by atoms with E-state index in [1.807, 2.05) is 4.90 Å². The number of carbonyl (C=O) groups excluding carboxylic acids is 1. The van der Waals surface area contributed by atoms with Crippen molar-refractivity contribution in [3.05, 3.63) is 0 Å². The van der Waals surface area contributed by atoms with Gasteiger partial charge in [0.15, 0.2) is 0 Å². The molecule has 2 N–H and O–H groups in total. The minimum Gasteiger partial charge on any atom is -0.480 e. The Hall–Kier alpha value is -1.30. The molecule has 2 amide bonds. The largest absolute Gasteiger partial charge is 0.480 e. The van der Waals surface area contributed by atoms with Gasteiger partial charge in [0.1, 0.15) is 0 Å². The van der Waals surface area contributed by atoms with Gasteiger partial charge in [0, 0.05) is 32.2 Å². The van der Waals surface area contributed by atoms with Crippen molar-refractivity contribution in [3.8, 4) is 0 Å². The number of carbonyl (C=O) groups is 2. The maximum atomic E-state index is 12.3. The molecule has 0 radical (unpaired) electrons. The van der Waals surface area contributed by atoms with Crippen molar-refractivity contribution in [2.75, 3.05) is 32.7 Å². The number of rotatable bonds is 8. The van der Waals surface area contributed by atoms with Gasteiger partial charge in [-0.05, 0) is 12.8 Å². The number of nitrogens with one attached hydrogen (secondary N) is 1. The first-order valence-electron chi connectivity index (χ1n) is 8.06. The minimum absolute atomic E-state index is 0.000437. The first-order chi connectivity index (χ1) is 10.1. The molecule has 1 fully saturated rings. The molecule has 0 aromatic rings. The molecular weight excluding hydrogens is 270 g/mol. The quantitative estimate of drug-likeness (QED) is 0.716. The molecule has 1 aliphatic heterocycles. The van der Waals surface area contributed by atoms with Crippen LogP contribution in [0.25, 0.3) is 0 Å². The first-order valence-corrected chi connectivity index (χ1v) is 8.06. The second kappa shape index (κ2) is 9.60. The van der Waals surface area contributed by atoms with Gasteiger partial charge in [-0.3, -0.25) is 9.69 Å². The van der Waals surface area contributed by atoms with Crippen LogP contribution in [0.5, 0.6) is 0 Å². The third kappa shape index (κ3) is 6.80. The fourth-order valence-corrected chi connectivity index (χ4v) is 2.65. The van der Waals surface area contributed by atoms with Crippen LogP contribution in [0.2, 0.25) is 0 Å². The van der Waals surface area contributed by atoms with Crippen molar-refractivity contribution < 1.29 is 14.7 Å². The number of urea groups is 1. The molecule has 6 nitrogen and oxygen atoms in total. The molecular formula is C15H29N3O3. The van der Waals surface area contributed by atoms with Gasteiger partial charge in [0.25, 0.3) is 0 Å². The summed E-state index contributed by atoms with van der Waals surface area (Å²) in [4.78, 5) is 26.6. The fourth-order valence-electron chi connectivity index (χ4n) is 2.65. The highest BCUT2D eigenvalue weighted by Crippen LogP contribution is 2.09. The highest BCUT2D eigenvalue weighted by molar-refractivity contribution is 5.74. The van der Waals surface area contributed by atoms with E-state index in [0.717, 1.165) is 32.1 Å². The molecule has 122 valence electrons. The Kier molecular flexibility index (Phi) is 8.12. The first kappa shape index (κ1) is 17.8. The van der Waals surface area contributed by atoms with Crippen LogP contribution in [0.3, 0.4) is 0 Å². The summed E-state index contributed by atoms with van der Waals surface area (Å²) in [6, 6.07) is 0.263. The fraction of sp³-hybridized carbons (Fsp3) is 0.867. The van der Waals surface area contributed by atoms with Crippen LogP contribution >= 0.6 is 0 Å². The Morgan fingerprint density at radius 1 is 1.10 bits per heavy atom. The van der Waals surface area contributed by atoms with E-state index in [1.165, 1.54) is 0 Å². The van der Waals surface area contributed by atoms with Gasteiger partial charge in [-0.25, -0.2) is 4.79 Å². The molecule has 1 rings (SSSR count). The molecule has 0 aromatic heterocycles. The summed E-state index contributed by atoms with van der Waals surface area (Å²) in [6.45, 7) is 6.82. The summed E-state index contributed by atoms with van der Waals surface area (Å²) in [5, 5.41) is 11.9. The monoisotopic (exact) mass is 299 g/mol. The van der Waals surface area contributed by atoms with Crippen molar-refractivity contribution in [3.63, 3.8) is 0 Å². The maximum absolute atomic E-state index is 12.3. The molecule has 0 bridgehead atoms. The molecule has 0 aliphatic carbocycles. The molecule has 1 saturated heterocycles. The molecule has 0 saturated carbocycles. The van der Waals surface area contributed by atoms with Gasteiger partial charge in [0.05, 0.1) is 6.54 Å². The molecule has 1 unspecified atom stereocenters. The van der Waals surface area contributed by atoms with E-state index in [1.54, 1.807) is 4.90 Å². The Labute approximate surface area is 127 Å². The summed E-state index contributed by atoms with van der Waals surface area (Å²) in [5.41, 5.74) is 0. The Balaban J connectivity index is 2.36. The van der Waals surface area contributed by atoms with Gasteiger partial charge in [-0.2, -0.15) is 0 Å². The Morgan fingerprint density at radius 2 is 1.76 bits per heavy atom. The lowest BCUT2D eigenvalue weighted by Gasteiger charge is -2.34. The molecule has 0 spiro atoms. The lowest BCUT2D eigenvalue weighted by molar-refractivity contribution is -0.138. The highest BCUT2D eigenvalue weighted by Gasteiger charge is 2.23. The van der Waals surface area contributed by atoms with E-state index in [2.05, 4.69) is 19.2 Å². The minimum atomic E-state index is -0.810. The number of piperazine rings is 1. The highest BCUT2D eigenvalue weighted by atomic mass is 16.4. The second-order valence-electron chi connectivity index (χ2n) is 5.73. The van der Waals surface area contributed by atoms with E-state index in [4.69, 9.17) is 5.11 Å². The average molecular weight is 299 g/mol. The van der Waals surface area contributed by atoms with Crippen molar-refractivity contribution in [1.29, 1.82) is 0 Å². The third-order valence-corrected chi connectivity index (χ3v) is 3.89. The van der Waals surface area contributed by atoms with Crippen molar-refractivity contribution in [1.82, 2.24) is 15.1 Å². The topological polar surface area (TPSA) is 72.9 Å². The molecule has 1 atom stereocenters. The Morgan fingerprint density at radius 3 is 2.29 bits per heavy atom. The molecule has 6 heteroatoms. The van der Waals surface area contributed by atoms with Crippen LogP contribution < -0.4 is 5.32 Å². The average Bonchev–Trinajstić information content (AvgIpc) is 2.45. The zero-order valence-corrected chi connectivity index (χ0v) is 13.3. The third-order valence-electron chi connectivity index (χ3n) is 3.89. The lowest BCUT2D eigenvalue weighted by atomic mass is 10.1. The lowest BCUT2D eigenvalue weighted by Crippen LogP contribution is -2.54. The van der Waals surface area contributed by atoms with E-state index < -0.39 is 5.97 Å². The zero-order chi connectivity index (χ0) is 15.7. The van der Waals surface area contributed by atoms with Crippen molar-refractivity contribution in [2.45, 2.75) is 52.0 Å². The number of carboxylic acids is 1. The van der Waals surface area contributed by atoms with E-state index in [9.17, 15) is 9.59 Å². The number of aliphatic carboxylic acids is 1. The SMILES string of the molecule is CCCCC(CCC)NC(=O)N1CCN(CC(=O)O)CC1. The predicted molar refractivity (Wildman–Crippen MR) is 82.4 cm³/mol. The Bertz CT molecular complexity index is 328. The van der Waals surface area contributed by atoms with Gasteiger partial charge in [0.2, 0.25) is 0 Å². The van der Waals surface area contributed by atoms with Crippen molar-refractivity contribution in [2.24, 2.45) is 0 Å². The van der Waals surface area contributed by atoms with Gasteiger partial charge >= 0.3 is 12.0 Å². The van der Waals surface area contributed by atoms with Gasteiger partial charge in [-0.1, -0.05) is 33.1 Å². The molecule has 1 heterocycles. The number of hydrogen-bond donors (Lipinski definition) is 2. The van der Waals surface area contributed by atoms with Gasteiger partial charge < -0.3 is 15.3 Å². The second-order valence-corrected chi connectivity index (χ2v) is 5.73. The zero-order valence-electron chi connectivity index (χ0n) is 13.3. The van der Waals surface area contributed by atoms with Crippen LogP contribution in [0.1, 0.15) is 46.0 Å². The molecule has 21 heavy (non-hydrogen) atoms. The summed E-state index contributed by atoms with van der Waals surface area (Å²) >= 11 is 0. The van der Waals surface area contributed by atoms with Crippen LogP contribution in [-0.4, -0.2) is 65.7 Å². The van der Waals surface area contributed by atoms with Gasteiger partial charge in [-0.15, -0.1) is 0 Å². The number of unbranched alkanes of at least 4 members (excludes halogenated alkanes) is 1. The van der Waals surface area contributed by atoms with Crippen LogP contribution in [0.4, 0.5) is 4.79 Å². The molecule has 1 aliphatic rings. The number of nitrogens with zero attached hydrogens (tertiary/aromatic N) is 2. The van der Waals surface area contributed by atoms with E-state index in [0.29, 0.717) is 26.2 Å². The number of amides is 2. The summed E-state index contributed by atoms with van der Waals surface area (Å²) in [5.74, 6) is -0.810. The smallest absolute Gasteiger partial charge is 0.317 e. The van der Waals surface area contributed by atoms with Crippen LogP contribution in [-0.2, 0) is 4.79 Å². The van der Waals surface area contributed by atoms with E-state index >= 15 is 0 Å². The standard InChI is InChI=1S/C15H29N3O3/c1-3-5-7-13(6-4-2)16-15(21)18-10-8-17(9-11-18)12-14(19)20/h13H,3-12H2,1-2H3,(H,16,21)(H,19,20).